The van der Waals surface area contributed by atoms with Gasteiger partial charge >= 0.3 is 5.97 Å². The Morgan fingerprint density at radius 1 is 1.27 bits per heavy atom. The third-order valence-corrected chi connectivity index (χ3v) is 4.94. The van der Waals surface area contributed by atoms with Crippen molar-refractivity contribution in [3.05, 3.63) is 52.0 Å². The number of halogens is 1. The van der Waals surface area contributed by atoms with E-state index in [1.165, 1.54) is 7.11 Å². The van der Waals surface area contributed by atoms with E-state index in [1.54, 1.807) is 38.1 Å². The van der Waals surface area contributed by atoms with E-state index in [4.69, 9.17) is 20.9 Å². The van der Waals surface area contributed by atoms with Gasteiger partial charge in [-0.25, -0.2) is 9.78 Å². The summed E-state index contributed by atoms with van der Waals surface area (Å²) in [6.07, 6.45) is 0. The zero-order chi connectivity index (χ0) is 18.8. The van der Waals surface area contributed by atoms with Gasteiger partial charge in [0.2, 0.25) is 0 Å². The molecule has 0 saturated heterocycles. The number of carbonyl (C=O) groups excluding carboxylic acids is 2. The molecule has 0 radical (unpaired) electrons. The van der Waals surface area contributed by atoms with Crippen LogP contribution in [0.5, 0.6) is 0 Å². The summed E-state index contributed by atoms with van der Waals surface area (Å²) in [7, 11) is 1.26. The van der Waals surface area contributed by atoms with Crippen molar-refractivity contribution >= 4 is 39.9 Å². The van der Waals surface area contributed by atoms with Crippen LogP contribution in [0.1, 0.15) is 32.3 Å². The van der Waals surface area contributed by atoms with E-state index in [0.29, 0.717) is 32.5 Å². The Morgan fingerprint density at radius 3 is 2.62 bits per heavy atom. The van der Waals surface area contributed by atoms with E-state index in [-0.39, 0.29) is 10.8 Å². The van der Waals surface area contributed by atoms with E-state index in [9.17, 15) is 9.59 Å². The number of hydrogen-bond acceptors (Lipinski definition) is 7. The fraction of sp³-hybridized carbons (Fsp3) is 0.176. The van der Waals surface area contributed by atoms with Crippen LogP contribution < -0.4 is 5.32 Å². The van der Waals surface area contributed by atoms with Crippen molar-refractivity contribution in [1.29, 1.82) is 0 Å². The molecule has 0 fully saturated rings. The van der Waals surface area contributed by atoms with Gasteiger partial charge in [0.05, 0.1) is 17.7 Å². The Morgan fingerprint density at radius 2 is 2.00 bits per heavy atom. The molecule has 0 atom stereocenters. The number of ether oxygens (including phenoxy) is 1. The first-order valence-electron chi connectivity index (χ1n) is 7.50. The predicted molar refractivity (Wildman–Crippen MR) is 97.8 cm³/mol. The first-order chi connectivity index (χ1) is 12.4. The highest BCUT2D eigenvalue weighted by atomic mass is 35.5. The molecule has 0 spiro atoms. The highest BCUT2D eigenvalue weighted by Gasteiger charge is 2.24. The quantitative estimate of drug-likeness (QED) is 0.672. The number of aromatic nitrogens is 2. The number of nitrogens with zero attached hydrogens (tertiary/aromatic N) is 2. The molecule has 0 bridgehead atoms. The molecule has 3 rings (SSSR count). The second-order valence-electron chi connectivity index (χ2n) is 5.32. The van der Waals surface area contributed by atoms with Crippen molar-refractivity contribution in [3.8, 4) is 10.4 Å². The third-order valence-electron chi connectivity index (χ3n) is 3.61. The first kappa shape index (κ1) is 18.1. The van der Waals surface area contributed by atoms with Crippen molar-refractivity contribution in [2.75, 3.05) is 12.4 Å². The summed E-state index contributed by atoms with van der Waals surface area (Å²) in [6.45, 7) is 3.31. The van der Waals surface area contributed by atoms with Gasteiger partial charge in [0.15, 0.2) is 10.8 Å². The van der Waals surface area contributed by atoms with Crippen molar-refractivity contribution in [1.82, 2.24) is 10.1 Å². The van der Waals surface area contributed by atoms with E-state index in [0.717, 1.165) is 11.3 Å². The number of methoxy groups -OCH3 is 1. The molecular formula is C17H14ClN3O4S. The largest absolute Gasteiger partial charge is 0.464 e. The minimum Gasteiger partial charge on any atom is -0.464 e. The monoisotopic (exact) mass is 391 g/mol. The van der Waals surface area contributed by atoms with E-state index >= 15 is 0 Å². The summed E-state index contributed by atoms with van der Waals surface area (Å²) >= 11 is 7.36. The zero-order valence-electron chi connectivity index (χ0n) is 14.1. The van der Waals surface area contributed by atoms with Crippen LogP contribution in [-0.2, 0) is 4.74 Å². The van der Waals surface area contributed by atoms with Crippen LogP contribution in [0.2, 0.25) is 5.02 Å². The molecule has 2 aromatic heterocycles. The van der Waals surface area contributed by atoms with Gasteiger partial charge in [0, 0.05) is 10.6 Å². The Hall–Kier alpha value is -2.71. The summed E-state index contributed by atoms with van der Waals surface area (Å²) < 4.78 is 9.80. The molecule has 3 aromatic rings. The van der Waals surface area contributed by atoms with Crippen molar-refractivity contribution in [2.24, 2.45) is 0 Å². The minimum atomic E-state index is -0.617. The number of rotatable bonds is 4. The average molecular weight is 392 g/mol. The van der Waals surface area contributed by atoms with Gasteiger partial charge in [-0.05, 0) is 19.9 Å². The number of anilines is 1. The summed E-state index contributed by atoms with van der Waals surface area (Å²) in [5.41, 5.74) is 1.51. The maximum Gasteiger partial charge on any atom is 0.358 e. The molecule has 134 valence electrons. The maximum absolute atomic E-state index is 12.5. The Bertz CT molecular complexity index is 976. The second-order valence-corrected chi connectivity index (χ2v) is 6.73. The Balaban J connectivity index is 2.01. The smallest absolute Gasteiger partial charge is 0.358 e. The third kappa shape index (κ3) is 3.33. The SMILES string of the molecule is COC(=O)c1nc(NC(=O)c2c(C)noc2C)sc1-c1ccccc1Cl. The lowest BCUT2D eigenvalue weighted by Crippen LogP contribution is -2.13. The number of carbonyl (C=O) groups is 2. The van der Waals surface area contributed by atoms with Crippen LogP contribution in [-0.4, -0.2) is 29.1 Å². The van der Waals surface area contributed by atoms with Gasteiger partial charge in [-0.2, -0.15) is 0 Å². The van der Waals surface area contributed by atoms with Gasteiger partial charge in [0.25, 0.3) is 5.91 Å². The molecule has 1 N–H and O–H groups in total. The van der Waals surface area contributed by atoms with Crippen LogP contribution in [0.15, 0.2) is 28.8 Å². The van der Waals surface area contributed by atoms with E-state index in [2.05, 4.69) is 15.5 Å². The van der Waals surface area contributed by atoms with Crippen LogP contribution >= 0.6 is 22.9 Å². The average Bonchev–Trinajstić information content (AvgIpc) is 3.17. The number of benzene rings is 1. The van der Waals surface area contributed by atoms with Crippen LogP contribution in [0.4, 0.5) is 5.13 Å². The standard InChI is InChI=1S/C17H14ClN3O4S/c1-8-12(9(2)25-21-8)15(22)20-17-19-13(16(23)24-3)14(26-17)10-6-4-5-7-11(10)18/h4-7H,1-3H3,(H,19,20,22). The lowest BCUT2D eigenvalue weighted by molar-refractivity contribution is 0.0595. The fourth-order valence-corrected chi connectivity index (χ4v) is 3.68. The molecule has 9 heteroatoms. The van der Waals surface area contributed by atoms with Crippen molar-refractivity contribution < 1.29 is 18.8 Å². The number of esters is 1. The van der Waals surface area contributed by atoms with Gasteiger partial charge in [-0.15, -0.1) is 0 Å². The molecule has 0 unspecified atom stereocenters. The molecular weight excluding hydrogens is 378 g/mol. The summed E-state index contributed by atoms with van der Waals surface area (Å²) in [5.74, 6) is -0.637. The van der Waals surface area contributed by atoms with Crippen LogP contribution in [0.25, 0.3) is 10.4 Å². The van der Waals surface area contributed by atoms with Crippen molar-refractivity contribution in [2.45, 2.75) is 13.8 Å². The minimum absolute atomic E-state index is 0.0830. The normalized spacial score (nSPS) is 10.6. The molecule has 0 saturated carbocycles. The lowest BCUT2D eigenvalue weighted by Gasteiger charge is -2.02. The van der Waals surface area contributed by atoms with E-state index < -0.39 is 11.9 Å². The molecule has 7 nitrogen and oxygen atoms in total. The number of aryl methyl sites for hydroxylation is 2. The highest BCUT2D eigenvalue weighted by Crippen LogP contribution is 2.37. The Labute approximate surface area is 157 Å². The molecule has 0 aliphatic rings. The number of hydrogen-bond donors (Lipinski definition) is 1. The van der Waals surface area contributed by atoms with Crippen molar-refractivity contribution in [3.63, 3.8) is 0 Å². The molecule has 0 aliphatic carbocycles. The first-order valence-corrected chi connectivity index (χ1v) is 8.70. The fourth-order valence-electron chi connectivity index (χ4n) is 2.40. The molecule has 1 amide bonds. The van der Waals surface area contributed by atoms with E-state index in [1.807, 2.05) is 0 Å². The molecule has 0 aliphatic heterocycles. The maximum atomic E-state index is 12.5. The van der Waals surface area contributed by atoms with Gasteiger partial charge in [-0.3, -0.25) is 10.1 Å². The van der Waals surface area contributed by atoms with Gasteiger partial charge in [-0.1, -0.05) is 46.3 Å². The van der Waals surface area contributed by atoms with Crippen LogP contribution in [0, 0.1) is 13.8 Å². The number of thiazole rings is 1. The zero-order valence-corrected chi connectivity index (χ0v) is 15.7. The molecule has 2 heterocycles. The highest BCUT2D eigenvalue weighted by molar-refractivity contribution is 7.19. The summed E-state index contributed by atoms with van der Waals surface area (Å²) in [4.78, 5) is 29.3. The predicted octanol–water partition coefficient (Wildman–Crippen LogP) is 4.11. The number of nitrogens with one attached hydrogen (secondary N) is 1. The molecule has 1 aromatic carbocycles. The lowest BCUT2D eigenvalue weighted by atomic mass is 10.1. The van der Waals surface area contributed by atoms with Gasteiger partial charge in [0.1, 0.15) is 11.3 Å². The number of amides is 1. The molecule has 26 heavy (non-hydrogen) atoms. The summed E-state index contributed by atoms with van der Waals surface area (Å²) in [6, 6.07) is 7.05. The van der Waals surface area contributed by atoms with Crippen LogP contribution in [0.3, 0.4) is 0 Å². The van der Waals surface area contributed by atoms with Gasteiger partial charge < -0.3 is 9.26 Å². The Kier molecular flexibility index (Phi) is 5.06. The summed E-state index contributed by atoms with van der Waals surface area (Å²) in [5, 5.41) is 7.13. The second kappa shape index (κ2) is 7.27. The topological polar surface area (TPSA) is 94.3 Å².